The summed E-state index contributed by atoms with van der Waals surface area (Å²) in [6.07, 6.45) is 0.982. The normalized spacial score (nSPS) is 22.2. The number of nitrogens with zero attached hydrogens (tertiary/aromatic N) is 1. The second-order valence-electron chi connectivity index (χ2n) is 4.51. The van der Waals surface area contributed by atoms with Gasteiger partial charge in [0.25, 0.3) is 5.56 Å². The molecule has 1 aliphatic rings. The van der Waals surface area contributed by atoms with E-state index in [4.69, 9.17) is 0 Å². The highest BCUT2D eigenvalue weighted by Crippen LogP contribution is 2.21. The molecule has 0 aliphatic carbocycles. The number of nitrogens with one attached hydrogen (secondary N) is 2. The van der Waals surface area contributed by atoms with E-state index in [2.05, 4.69) is 4.98 Å². The van der Waals surface area contributed by atoms with Crippen molar-refractivity contribution < 1.29 is 16.8 Å². The fourth-order valence-corrected chi connectivity index (χ4v) is 5.25. The quantitative estimate of drug-likeness (QED) is 0.652. The maximum Gasteiger partial charge on any atom is 0.325 e. The molecule has 9 nitrogen and oxygen atoms in total. The number of aromatic nitrogens is 2. The van der Waals surface area contributed by atoms with Crippen LogP contribution < -0.4 is 11.2 Å². The molecule has 1 atom stereocenters. The molecular formula is C9H13N3O6S2. The van der Waals surface area contributed by atoms with Gasteiger partial charge in [-0.2, -0.15) is 4.31 Å². The first kappa shape index (κ1) is 14.9. The Balaban J connectivity index is 2.40. The van der Waals surface area contributed by atoms with E-state index in [1.807, 2.05) is 4.98 Å². The Bertz CT molecular complexity index is 835. The van der Waals surface area contributed by atoms with Crippen LogP contribution in [0.25, 0.3) is 0 Å². The third kappa shape index (κ3) is 2.69. The largest absolute Gasteiger partial charge is 0.325 e. The smallest absolute Gasteiger partial charge is 0.313 e. The number of hydrogen-bond donors (Lipinski definition) is 2. The minimum Gasteiger partial charge on any atom is -0.313 e. The van der Waals surface area contributed by atoms with Crippen LogP contribution in [0.15, 0.2) is 20.7 Å². The summed E-state index contributed by atoms with van der Waals surface area (Å²) >= 11 is 0. The standard InChI is InChI=1S/C9H13N3O6S2/c1-12(6-2-3-19(15,16)5-6)20(17,18)7-4-10-9(14)11-8(7)13/h4,6H,2-3,5H2,1H3,(H2,10,11,13,14). The van der Waals surface area contributed by atoms with Crippen molar-refractivity contribution >= 4 is 19.9 Å². The third-order valence-electron chi connectivity index (χ3n) is 3.16. The van der Waals surface area contributed by atoms with Crippen LogP contribution in [-0.2, 0) is 19.9 Å². The lowest BCUT2D eigenvalue weighted by Gasteiger charge is -2.21. The SMILES string of the molecule is CN(C1CCS(=O)(=O)C1)S(=O)(=O)c1c[nH]c(=O)[nH]c1=O. The molecule has 0 spiro atoms. The van der Waals surface area contributed by atoms with E-state index in [9.17, 15) is 26.4 Å². The average Bonchev–Trinajstić information content (AvgIpc) is 2.68. The number of rotatable bonds is 3. The zero-order valence-electron chi connectivity index (χ0n) is 10.5. The van der Waals surface area contributed by atoms with E-state index < -0.39 is 42.0 Å². The first-order valence-corrected chi connectivity index (χ1v) is 8.90. The van der Waals surface area contributed by atoms with Crippen molar-refractivity contribution in [2.75, 3.05) is 18.6 Å². The molecule has 2 N–H and O–H groups in total. The second-order valence-corrected chi connectivity index (χ2v) is 8.71. The minimum absolute atomic E-state index is 0.0838. The lowest BCUT2D eigenvalue weighted by atomic mass is 10.3. The zero-order valence-corrected chi connectivity index (χ0v) is 12.1. The molecule has 2 heterocycles. The van der Waals surface area contributed by atoms with Crippen LogP contribution >= 0.6 is 0 Å². The molecule has 0 aromatic carbocycles. The molecule has 1 unspecified atom stereocenters. The molecular weight excluding hydrogens is 310 g/mol. The fourth-order valence-electron chi connectivity index (χ4n) is 2.00. The van der Waals surface area contributed by atoms with Gasteiger partial charge in [0.05, 0.1) is 11.5 Å². The Kier molecular flexibility index (Phi) is 3.60. The number of aromatic amines is 2. The Labute approximate surface area is 114 Å². The fraction of sp³-hybridized carbons (Fsp3) is 0.556. The van der Waals surface area contributed by atoms with Crippen molar-refractivity contribution in [1.82, 2.24) is 14.3 Å². The van der Waals surface area contributed by atoms with Crippen LogP contribution in [0.3, 0.4) is 0 Å². The summed E-state index contributed by atoms with van der Waals surface area (Å²) in [5.74, 6) is -0.358. The van der Waals surface area contributed by atoms with Crippen LogP contribution in [0.5, 0.6) is 0 Å². The van der Waals surface area contributed by atoms with Gasteiger partial charge in [-0.1, -0.05) is 0 Å². The molecule has 1 saturated heterocycles. The van der Waals surface area contributed by atoms with Crippen molar-refractivity contribution in [3.63, 3.8) is 0 Å². The molecule has 0 bridgehead atoms. The minimum atomic E-state index is -4.17. The van der Waals surface area contributed by atoms with Crippen LogP contribution in [-0.4, -0.2) is 55.7 Å². The van der Waals surface area contributed by atoms with Crippen LogP contribution in [0.4, 0.5) is 0 Å². The van der Waals surface area contributed by atoms with Crippen molar-refractivity contribution in [3.8, 4) is 0 Å². The van der Waals surface area contributed by atoms with Gasteiger partial charge >= 0.3 is 5.69 Å². The van der Waals surface area contributed by atoms with Crippen molar-refractivity contribution in [3.05, 3.63) is 27.0 Å². The maximum absolute atomic E-state index is 12.3. The van der Waals surface area contributed by atoms with Crippen LogP contribution in [0.2, 0.25) is 0 Å². The number of sulfone groups is 1. The van der Waals surface area contributed by atoms with Gasteiger partial charge in [0, 0.05) is 19.3 Å². The van der Waals surface area contributed by atoms with E-state index >= 15 is 0 Å². The lowest BCUT2D eigenvalue weighted by molar-refractivity contribution is 0.393. The summed E-state index contributed by atoms with van der Waals surface area (Å²) in [6, 6.07) is -0.712. The molecule has 2 rings (SSSR count). The first-order chi connectivity index (χ1) is 9.13. The molecule has 11 heteroatoms. The summed E-state index contributed by atoms with van der Waals surface area (Å²) in [4.78, 5) is 25.7. The maximum atomic E-state index is 12.3. The molecule has 1 aromatic heterocycles. The van der Waals surface area contributed by atoms with E-state index in [0.717, 1.165) is 10.5 Å². The van der Waals surface area contributed by atoms with Crippen molar-refractivity contribution in [1.29, 1.82) is 0 Å². The van der Waals surface area contributed by atoms with Gasteiger partial charge in [-0.15, -0.1) is 0 Å². The van der Waals surface area contributed by atoms with Crippen LogP contribution in [0, 0.1) is 0 Å². The predicted molar refractivity (Wildman–Crippen MR) is 69.7 cm³/mol. The molecule has 20 heavy (non-hydrogen) atoms. The Morgan fingerprint density at radius 1 is 1.35 bits per heavy atom. The van der Waals surface area contributed by atoms with Gasteiger partial charge in [0.1, 0.15) is 0 Å². The van der Waals surface area contributed by atoms with E-state index in [1.165, 1.54) is 7.05 Å². The summed E-state index contributed by atoms with van der Waals surface area (Å²) in [7, 11) is -6.20. The van der Waals surface area contributed by atoms with E-state index in [1.54, 1.807) is 0 Å². The van der Waals surface area contributed by atoms with Gasteiger partial charge in [-0.3, -0.25) is 9.78 Å². The van der Waals surface area contributed by atoms with Crippen molar-refractivity contribution in [2.24, 2.45) is 0 Å². The van der Waals surface area contributed by atoms with Crippen molar-refractivity contribution in [2.45, 2.75) is 17.4 Å². The monoisotopic (exact) mass is 323 g/mol. The number of hydrogen-bond acceptors (Lipinski definition) is 6. The van der Waals surface area contributed by atoms with Crippen LogP contribution in [0.1, 0.15) is 6.42 Å². The summed E-state index contributed by atoms with van der Waals surface area (Å²) < 4.78 is 48.1. The summed E-state index contributed by atoms with van der Waals surface area (Å²) in [5.41, 5.74) is -1.86. The van der Waals surface area contributed by atoms with Gasteiger partial charge in [-0.25, -0.2) is 21.6 Å². The molecule has 1 aliphatic heterocycles. The number of sulfonamides is 1. The third-order valence-corrected chi connectivity index (χ3v) is 6.83. The van der Waals surface area contributed by atoms with Gasteiger partial charge in [0.2, 0.25) is 10.0 Å². The summed E-state index contributed by atoms with van der Waals surface area (Å²) in [6.45, 7) is 0. The molecule has 0 saturated carbocycles. The highest BCUT2D eigenvalue weighted by atomic mass is 32.2. The molecule has 1 fully saturated rings. The highest BCUT2D eigenvalue weighted by molar-refractivity contribution is 7.92. The van der Waals surface area contributed by atoms with Gasteiger partial charge in [0.15, 0.2) is 14.7 Å². The number of H-pyrrole nitrogens is 2. The highest BCUT2D eigenvalue weighted by Gasteiger charge is 2.37. The zero-order chi connectivity index (χ0) is 15.1. The molecule has 112 valence electrons. The Morgan fingerprint density at radius 2 is 2.00 bits per heavy atom. The molecule has 0 amide bonds. The Hall–Kier alpha value is -1.46. The van der Waals surface area contributed by atoms with E-state index in [0.29, 0.717) is 0 Å². The van der Waals surface area contributed by atoms with E-state index in [-0.39, 0.29) is 17.9 Å². The summed E-state index contributed by atoms with van der Waals surface area (Å²) in [5, 5.41) is 0. The van der Waals surface area contributed by atoms with Gasteiger partial charge in [-0.05, 0) is 6.42 Å². The first-order valence-electron chi connectivity index (χ1n) is 5.64. The Morgan fingerprint density at radius 3 is 2.50 bits per heavy atom. The lowest BCUT2D eigenvalue weighted by Crippen LogP contribution is -2.41. The van der Waals surface area contributed by atoms with Gasteiger partial charge < -0.3 is 4.98 Å². The molecule has 0 radical (unpaired) electrons. The topological polar surface area (TPSA) is 137 Å². The predicted octanol–water partition coefficient (Wildman–Crippen LogP) is -2.13. The molecule has 1 aromatic rings. The second kappa shape index (κ2) is 4.82. The average molecular weight is 323 g/mol.